The lowest BCUT2D eigenvalue weighted by molar-refractivity contribution is -0.118. The molecule has 1 heterocycles. The molecule has 0 spiro atoms. The van der Waals surface area contributed by atoms with E-state index in [0.717, 1.165) is 5.56 Å². The van der Waals surface area contributed by atoms with Gasteiger partial charge >= 0.3 is 0 Å². The summed E-state index contributed by atoms with van der Waals surface area (Å²) in [5, 5.41) is 2.52. The fraction of sp³-hybridized carbons (Fsp3) is 0.412. The number of benzene rings is 1. The molecule has 0 bridgehead atoms. The van der Waals surface area contributed by atoms with E-state index in [-0.39, 0.29) is 11.9 Å². The van der Waals surface area contributed by atoms with Crippen LogP contribution in [-0.4, -0.2) is 31.2 Å². The number of rotatable bonds is 8. The first-order valence-electron chi connectivity index (χ1n) is 7.71. The van der Waals surface area contributed by atoms with Crippen molar-refractivity contribution < 1.29 is 14.3 Å². The Balaban J connectivity index is 2.24. The van der Waals surface area contributed by atoms with E-state index >= 15 is 0 Å². The number of carbonyl (C=O) groups excluding carboxylic acids is 1. The van der Waals surface area contributed by atoms with Gasteiger partial charge in [0.2, 0.25) is 5.91 Å². The second-order valence-electron chi connectivity index (χ2n) is 5.49. The van der Waals surface area contributed by atoms with Crippen molar-refractivity contribution in [3.63, 3.8) is 0 Å². The van der Waals surface area contributed by atoms with Gasteiger partial charge in [-0.1, -0.05) is 0 Å². The molecule has 0 aliphatic heterocycles. The Morgan fingerprint density at radius 2 is 2.17 bits per heavy atom. The van der Waals surface area contributed by atoms with Gasteiger partial charge in [0, 0.05) is 35.7 Å². The highest BCUT2D eigenvalue weighted by atomic mass is 32.1. The molecule has 0 aliphatic rings. The fourth-order valence-electron chi connectivity index (χ4n) is 2.25. The van der Waals surface area contributed by atoms with Crippen LogP contribution < -0.4 is 20.1 Å². The topological polar surface area (TPSA) is 77.7 Å². The van der Waals surface area contributed by atoms with Crippen molar-refractivity contribution in [1.29, 1.82) is 0 Å². The first-order valence-corrected chi connectivity index (χ1v) is 8.59. The van der Waals surface area contributed by atoms with Crippen LogP contribution in [0.2, 0.25) is 0 Å². The number of carbonyl (C=O) groups is 1. The molecule has 1 amide bonds. The molecule has 0 aliphatic carbocycles. The van der Waals surface area contributed by atoms with E-state index in [1.54, 1.807) is 25.3 Å². The van der Waals surface area contributed by atoms with E-state index < -0.39 is 0 Å². The fourth-order valence-corrected chi connectivity index (χ4v) is 2.91. The number of thiazole rings is 1. The molecule has 2 rings (SSSR count). The van der Waals surface area contributed by atoms with Crippen molar-refractivity contribution in [3.05, 3.63) is 35.3 Å². The summed E-state index contributed by atoms with van der Waals surface area (Å²) in [6, 6.07) is 5.55. The van der Waals surface area contributed by atoms with E-state index in [1.807, 2.05) is 30.5 Å². The molecule has 7 heteroatoms. The Morgan fingerprint density at radius 1 is 1.38 bits per heavy atom. The van der Waals surface area contributed by atoms with Crippen molar-refractivity contribution in [2.45, 2.75) is 32.4 Å². The average molecular weight is 349 g/mol. The monoisotopic (exact) mass is 349 g/mol. The van der Waals surface area contributed by atoms with Gasteiger partial charge in [0.05, 0.1) is 20.8 Å². The lowest BCUT2D eigenvalue weighted by Gasteiger charge is -2.22. The Hall–Kier alpha value is -2.12. The van der Waals surface area contributed by atoms with Crippen LogP contribution in [-0.2, 0) is 11.3 Å². The molecule has 6 nitrogen and oxygen atoms in total. The standard InChI is InChI=1S/C17H23N3O3S/c1-12(18)4-7-16(21)20(17-19-8-9-24-17)11-13-5-6-14(22-2)10-15(13)23-3/h5-6,8-10,12H,4,7,11,18H2,1-3H3. The molecule has 0 fully saturated rings. The van der Waals surface area contributed by atoms with Crippen molar-refractivity contribution in [3.8, 4) is 11.5 Å². The molecule has 1 aromatic carbocycles. The molecule has 24 heavy (non-hydrogen) atoms. The molecular weight excluding hydrogens is 326 g/mol. The van der Waals surface area contributed by atoms with Gasteiger partial charge in [-0.2, -0.15) is 0 Å². The first-order chi connectivity index (χ1) is 11.5. The highest BCUT2D eigenvalue weighted by Gasteiger charge is 2.20. The number of nitrogens with zero attached hydrogens (tertiary/aromatic N) is 2. The van der Waals surface area contributed by atoms with Crippen LogP contribution in [0.1, 0.15) is 25.3 Å². The lowest BCUT2D eigenvalue weighted by atomic mass is 10.1. The van der Waals surface area contributed by atoms with Crippen LogP contribution in [0.3, 0.4) is 0 Å². The van der Waals surface area contributed by atoms with Gasteiger partial charge in [-0.25, -0.2) is 4.98 Å². The molecule has 2 N–H and O–H groups in total. The Kier molecular flexibility index (Phi) is 6.57. The SMILES string of the molecule is COc1ccc(CN(C(=O)CCC(C)N)c2nccs2)c(OC)c1. The van der Waals surface area contributed by atoms with Gasteiger partial charge in [-0.05, 0) is 25.5 Å². The second kappa shape index (κ2) is 8.65. The van der Waals surface area contributed by atoms with Crippen LogP contribution in [0.4, 0.5) is 5.13 Å². The van der Waals surface area contributed by atoms with Crippen LogP contribution in [0, 0.1) is 0 Å². The number of hydrogen-bond donors (Lipinski definition) is 1. The lowest BCUT2D eigenvalue weighted by Crippen LogP contribution is -2.31. The zero-order chi connectivity index (χ0) is 17.5. The molecule has 0 radical (unpaired) electrons. The third-order valence-electron chi connectivity index (χ3n) is 3.59. The quantitative estimate of drug-likeness (QED) is 0.793. The largest absolute Gasteiger partial charge is 0.497 e. The molecule has 0 saturated carbocycles. The number of aromatic nitrogens is 1. The average Bonchev–Trinajstić information content (AvgIpc) is 3.11. The van der Waals surface area contributed by atoms with E-state index in [1.165, 1.54) is 11.3 Å². The molecule has 1 atom stereocenters. The summed E-state index contributed by atoms with van der Waals surface area (Å²) < 4.78 is 10.6. The second-order valence-corrected chi connectivity index (χ2v) is 6.36. The van der Waals surface area contributed by atoms with E-state index in [2.05, 4.69) is 4.98 Å². The number of amides is 1. The predicted octanol–water partition coefficient (Wildman–Crippen LogP) is 2.82. The molecular formula is C17H23N3O3S. The highest BCUT2D eigenvalue weighted by molar-refractivity contribution is 7.13. The summed E-state index contributed by atoms with van der Waals surface area (Å²) in [6.07, 6.45) is 2.72. The summed E-state index contributed by atoms with van der Waals surface area (Å²) in [7, 11) is 3.21. The van der Waals surface area contributed by atoms with Gasteiger partial charge in [0.15, 0.2) is 5.13 Å². The molecule has 1 aromatic heterocycles. The number of ether oxygens (including phenoxy) is 2. The minimum atomic E-state index is -0.0115. The van der Waals surface area contributed by atoms with Gasteiger partial charge in [-0.15, -0.1) is 11.3 Å². The van der Waals surface area contributed by atoms with Crippen LogP contribution in [0.25, 0.3) is 0 Å². The normalized spacial score (nSPS) is 11.8. The Labute approximate surface area is 146 Å². The van der Waals surface area contributed by atoms with Crippen LogP contribution >= 0.6 is 11.3 Å². The third kappa shape index (κ3) is 4.69. The van der Waals surface area contributed by atoms with Gasteiger partial charge in [-0.3, -0.25) is 9.69 Å². The summed E-state index contributed by atoms with van der Waals surface area (Å²) >= 11 is 1.43. The minimum absolute atomic E-state index is 0.000112. The van der Waals surface area contributed by atoms with Gasteiger partial charge < -0.3 is 15.2 Å². The smallest absolute Gasteiger partial charge is 0.229 e. The molecule has 0 saturated heterocycles. The number of nitrogens with two attached hydrogens (primary N) is 1. The van der Waals surface area contributed by atoms with Crippen molar-refractivity contribution in [1.82, 2.24) is 4.98 Å². The zero-order valence-corrected chi connectivity index (χ0v) is 15.0. The molecule has 2 aromatic rings. The summed E-state index contributed by atoms with van der Waals surface area (Å²) in [5.74, 6) is 1.38. The maximum Gasteiger partial charge on any atom is 0.229 e. The number of hydrogen-bond acceptors (Lipinski definition) is 6. The maximum absolute atomic E-state index is 12.6. The summed E-state index contributed by atoms with van der Waals surface area (Å²) in [5.41, 5.74) is 6.66. The Morgan fingerprint density at radius 3 is 2.75 bits per heavy atom. The van der Waals surface area contributed by atoms with Crippen molar-refractivity contribution in [2.24, 2.45) is 5.73 Å². The van der Waals surface area contributed by atoms with Gasteiger partial charge in [0.25, 0.3) is 0 Å². The zero-order valence-electron chi connectivity index (χ0n) is 14.2. The Bertz CT molecular complexity index is 659. The highest BCUT2D eigenvalue weighted by Crippen LogP contribution is 2.28. The van der Waals surface area contributed by atoms with E-state index in [0.29, 0.717) is 36.0 Å². The predicted molar refractivity (Wildman–Crippen MR) is 95.7 cm³/mol. The van der Waals surface area contributed by atoms with Crippen LogP contribution in [0.15, 0.2) is 29.8 Å². The van der Waals surface area contributed by atoms with Gasteiger partial charge in [0.1, 0.15) is 11.5 Å². The molecule has 130 valence electrons. The maximum atomic E-state index is 12.6. The first kappa shape index (κ1) is 18.2. The summed E-state index contributed by atoms with van der Waals surface area (Å²) in [6.45, 7) is 2.28. The van der Waals surface area contributed by atoms with E-state index in [4.69, 9.17) is 15.2 Å². The van der Waals surface area contributed by atoms with Crippen LogP contribution in [0.5, 0.6) is 11.5 Å². The number of methoxy groups -OCH3 is 2. The van der Waals surface area contributed by atoms with Crippen molar-refractivity contribution >= 4 is 22.4 Å². The summed E-state index contributed by atoms with van der Waals surface area (Å²) in [4.78, 5) is 18.6. The minimum Gasteiger partial charge on any atom is -0.497 e. The number of anilines is 1. The van der Waals surface area contributed by atoms with E-state index in [9.17, 15) is 4.79 Å². The van der Waals surface area contributed by atoms with Crippen molar-refractivity contribution in [2.75, 3.05) is 19.1 Å². The third-order valence-corrected chi connectivity index (χ3v) is 4.38. The molecule has 1 unspecified atom stereocenters.